The van der Waals surface area contributed by atoms with Gasteiger partial charge in [0.05, 0.1) is 0 Å². The van der Waals surface area contributed by atoms with E-state index in [0.717, 1.165) is 56.9 Å². The minimum Gasteiger partial charge on any atom is -0.394 e. The first-order valence-electron chi connectivity index (χ1n) is 7.95. The van der Waals surface area contributed by atoms with Gasteiger partial charge in [0.25, 0.3) is 0 Å². The van der Waals surface area contributed by atoms with Crippen LogP contribution in [0.5, 0.6) is 0 Å². The predicted octanol–water partition coefficient (Wildman–Crippen LogP) is 4.06. The van der Waals surface area contributed by atoms with Crippen molar-refractivity contribution in [3.63, 3.8) is 0 Å². The van der Waals surface area contributed by atoms with Crippen LogP contribution in [-0.2, 0) is 13.6 Å². The Bertz CT molecular complexity index is 252. The molecule has 0 heterocycles. The van der Waals surface area contributed by atoms with Gasteiger partial charge in [-0.25, -0.2) is 0 Å². The minimum absolute atomic E-state index is 0.456. The maximum atomic E-state index is 11.2. The van der Waals surface area contributed by atoms with E-state index in [1.165, 1.54) is 12.8 Å². The van der Waals surface area contributed by atoms with Gasteiger partial charge in [0.1, 0.15) is 5.78 Å². The largest absolute Gasteiger partial charge is 0.394 e. The van der Waals surface area contributed by atoms with Crippen molar-refractivity contribution in [3.8, 4) is 0 Å². The third-order valence-corrected chi connectivity index (χ3v) is 8.01. The zero-order valence-electron chi connectivity index (χ0n) is 12.9. The minimum atomic E-state index is -1.93. The summed E-state index contributed by atoms with van der Waals surface area (Å²) >= 11 is 0. The Labute approximate surface area is 119 Å². The van der Waals surface area contributed by atoms with Gasteiger partial charge in [0.15, 0.2) is 0 Å². The third kappa shape index (κ3) is 5.75. The van der Waals surface area contributed by atoms with E-state index < -0.39 is 8.56 Å². The van der Waals surface area contributed by atoms with Crippen LogP contribution in [-0.4, -0.2) is 27.6 Å². The van der Waals surface area contributed by atoms with Crippen LogP contribution in [0.3, 0.4) is 0 Å². The number of hydrogen-bond donors (Lipinski definition) is 0. The highest BCUT2D eigenvalue weighted by atomic mass is 28.4. The second-order valence-corrected chi connectivity index (χ2v) is 9.11. The monoisotopic (exact) mass is 286 g/mol. The number of rotatable bonds is 9. The Balaban J connectivity index is 2.32. The molecule has 0 aromatic rings. The topological polar surface area (TPSA) is 35.5 Å². The molecule has 0 radical (unpaired) electrons. The summed E-state index contributed by atoms with van der Waals surface area (Å²) in [6, 6.07) is 2.15. The molecule has 0 amide bonds. The number of carbonyl (C=O) groups is 1. The molecule has 19 heavy (non-hydrogen) atoms. The average Bonchev–Trinajstić information content (AvgIpc) is 2.41. The Morgan fingerprint density at radius 3 is 2.16 bits per heavy atom. The first-order valence-corrected chi connectivity index (χ1v) is 10.2. The molecular weight excluding hydrogens is 256 g/mol. The lowest BCUT2D eigenvalue weighted by molar-refractivity contribution is -0.121. The predicted molar refractivity (Wildman–Crippen MR) is 80.5 cm³/mol. The normalized spacial score (nSPS) is 17.9. The van der Waals surface area contributed by atoms with Gasteiger partial charge in [-0.1, -0.05) is 19.8 Å². The standard InChI is InChI=1S/C15H30O3Si/c1-4-17-19(6-3,18-5-2)13-7-8-14-9-11-15(16)12-10-14/h14H,4-13H2,1-3H3. The molecule has 0 unspecified atom stereocenters. The number of ketones is 1. The van der Waals surface area contributed by atoms with E-state index in [9.17, 15) is 4.79 Å². The fourth-order valence-electron chi connectivity index (χ4n) is 3.04. The maximum Gasteiger partial charge on any atom is 0.337 e. The number of carbonyl (C=O) groups excluding carboxylic acids is 1. The third-order valence-electron chi connectivity index (χ3n) is 4.19. The summed E-state index contributed by atoms with van der Waals surface area (Å²) in [5, 5.41) is 0. The Morgan fingerprint density at radius 1 is 1.11 bits per heavy atom. The lowest BCUT2D eigenvalue weighted by atomic mass is 9.86. The van der Waals surface area contributed by atoms with Crippen LogP contribution < -0.4 is 0 Å². The highest BCUT2D eigenvalue weighted by molar-refractivity contribution is 6.67. The second-order valence-electron chi connectivity index (χ2n) is 5.50. The Hall–Kier alpha value is -0.193. The first kappa shape index (κ1) is 16.9. The van der Waals surface area contributed by atoms with Crippen molar-refractivity contribution in [2.75, 3.05) is 13.2 Å². The van der Waals surface area contributed by atoms with Crippen LogP contribution in [0.4, 0.5) is 0 Å². The molecule has 1 fully saturated rings. The number of hydrogen-bond acceptors (Lipinski definition) is 3. The summed E-state index contributed by atoms with van der Waals surface area (Å²) < 4.78 is 12.0. The molecule has 112 valence electrons. The van der Waals surface area contributed by atoms with Gasteiger partial charge in [-0.05, 0) is 44.7 Å². The molecule has 0 saturated heterocycles. The van der Waals surface area contributed by atoms with Crippen molar-refractivity contribution < 1.29 is 13.6 Å². The van der Waals surface area contributed by atoms with E-state index in [0.29, 0.717) is 5.78 Å². The van der Waals surface area contributed by atoms with Crippen molar-refractivity contribution in [1.29, 1.82) is 0 Å². The van der Waals surface area contributed by atoms with Gasteiger partial charge >= 0.3 is 8.56 Å². The molecule has 1 saturated carbocycles. The molecule has 0 bridgehead atoms. The van der Waals surface area contributed by atoms with Crippen molar-refractivity contribution >= 4 is 14.3 Å². The molecule has 3 nitrogen and oxygen atoms in total. The molecule has 1 rings (SSSR count). The smallest absolute Gasteiger partial charge is 0.337 e. The average molecular weight is 286 g/mol. The molecule has 0 N–H and O–H groups in total. The molecular formula is C15H30O3Si. The zero-order chi connectivity index (χ0) is 14.1. The first-order chi connectivity index (χ1) is 9.15. The van der Waals surface area contributed by atoms with Crippen molar-refractivity contribution in [2.45, 2.75) is 71.4 Å². The van der Waals surface area contributed by atoms with Crippen LogP contribution in [0.2, 0.25) is 12.1 Å². The quantitative estimate of drug-likeness (QED) is 0.600. The van der Waals surface area contributed by atoms with Crippen LogP contribution in [0.1, 0.15) is 59.3 Å². The van der Waals surface area contributed by atoms with Crippen LogP contribution in [0.25, 0.3) is 0 Å². The Morgan fingerprint density at radius 2 is 1.68 bits per heavy atom. The van der Waals surface area contributed by atoms with Crippen LogP contribution in [0, 0.1) is 5.92 Å². The van der Waals surface area contributed by atoms with Crippen LogP contribution >= 0.6 is 0 Å². The Kier molecular flexibility index (Phi) is 7.88. The summed E-state index contributed by atoms with van der Waals surface area (Å²) in [4.78, 5) is 11.2. The highest BCUT2D eigenvalue weighted by Crippen LogP contribution is 2.29. The van der Waals surface area contributed by atoms with Crippen molar-refractivity contribution in [3.05, 3.63) is 0 Å². The lowest BCUT2D eigenvalue weighted by Gasteiger charge is -2.30. The summed E-state index contributed by atoms with van der Waals surface area (Å²) in [6.07, 6.45) is 6.24. The SMILES string of the molecule is CCO[Si](CC)(CCCC1CCC(=O)CC1)OCC. The van der Waals surface area contributed by atoms with Crippen molar-refractivity contribution in [1.82, 2.24) is 0 Å². The van der Waals surface area contributed by atoms with Gasteiger partial charge < -0.3 is 8.85 Å². The van der Waals surface area contributed by atoms with E-state index in [-0.39, 0.29) is 0 Å². The zero-order valence-corrected chi connectivity index (χ0v) is 13.9. The summed E-state index contributed by atoms with van der Waals surface area (Å²) in [6.45, 7) is 7.83. The number of Topliss-reactive ketones (excluding diaryl/α,β-unsaturated/α-hetero) is 1. The van der Waals surface area contributed by atoms with Gasteiger partial charge in [-0.15, -0.1) is 0 Å². The van der Waals surface area contributed by atoms with E-state index in [4.69, 9.17) is 8.85 Å². The molecule has 1 aliphatic carbocycles. The molecule has 0 spiro atoms. The molecule has 0 aromatic heterocycles. The second kappa shape index (κ2) is 8.87. The highest BCUT2D eigenvalue weighted by Gasteiger charge is 2.34. The van der Waals surface area contributed by atoms with E-state index in [1.807, 2.05) is 0 Å². The molecule has 0 atom stereocenters. The van der Waals surface area contributed by atoms with Gasteiger partial charge in [-0.2, -0.15) is 0 Å². The molecule has 4 heteroatoms. The van der Waals surface area contributed by atoms with Gasteiger partial charge in [0.2, 0.25) is 0 Å². The van der Waals surface area contributed by atoms with Gasteiger partial charge in [0, 0.05) is 26.1 Å². The summed E-state index contributed by atoms with van der Waals surface area (Å²) in [7, 11) is -1.93. The summed E-state index contributed by atoms with van der Waals surface area (Å²) in [5.41, 5.74) is 0. The molecule has 0 aliphatic heterocycles. The summed E-state index contributed by atoms with van der Waals surface area (Å²) in [5.74, 6) is 1.21. The molecule has 0 aromatic carbocycles. The van der Waals surface area contributed by atoms with E-state index >= 15 is 0 Å². The van der Waals surface area contributed by atoms with E-state index in [2.05, 4.69) is 20.8 Å². The fraction of sp³-hybridized carbons (Fsp3) is 0.933. The maximum absolute atomic E-state index is 11.2. The van der Waals surface area contributed by atoms with Crippen molar-refractivity contribution in [2.24, 2.45) is 5.92 Å². The fourth-order valence-corrected chi connectivity index (χ4v) is 5.97. The lowest BCUT2D eigenvalue weighted by Crippen LogP contribution is -2.41. The van der Waals surface area contributed by atoms with E-state index in [1.54, 1.807) is 0 Å². The van der Waals surface area contributed by atoms with Crippen LogP contribution in [0.15, 0.2) is 0 Å². The molecule has 1 aliphatic rings. The van der Waals surface area contributed by atoms with Gasteiger partial charge in [-0.3, -0.25) is 4.79 Å².